The van der Waals surface area contributed by atoms with Crippen LogP contribution >= 0.6 is 0 Å². The second-order valence-corrected chi connectivity index (χ2v) is 8.17. The summed E-state index contributed by atoms with van der Waals surface area (Å²) in [7, 11) is 3.85. The predicted octanol–water partition coefficient (Wildman–Crippen LogP) is 2.25. The van der Waals surface area contributed by atoms with Crippen molar-refractivity contribution in [2.24, 2.45) is 5.92 Å². The normalized spacial score (nSPS) is 20.1. The van der Waals surface area contributed by atoms with Crippen molar-refractivity contribution in [2.45, 2.75) is 32.2 Å². The van der Waals surface area contributed by atoms with Gasteiger partial charge in [-0.2, -0.15) is 0 Å². The molecule has 0 atom stereocenters. The zero-order valence-electron chi connectivity index (χ0n) is 17.0. The Morgan fingerprint density at radius 3 is 2.26 bits per heavy atom. The molecule has 0 N–H and O–H groups in total. The Labute approximate surface area is 164 Å². The number of likely N-dealkylation sites (tertiary alicyclic amines) is 1. The molecule has 0 unspecified atom stereocenters. The number of likely N-dealkylation sites (N-methyl/N-ethyl adjacent to an activating group) is 1. The molecule has 0 aliphatic carbocycles. The molecule has 1 amide bonds. The summed E-state index contributed by atoms with van der Waals surface area (Å²) < 4.78 is 5.01. The first-order valence-electron chi connectivity index (χ1n) is 10.4. The Balaban J connectivity index is 1.41. The number of benzene rings is 1. The summed E-state index contributed by atoms with van der Waals surface area (Å²) in [5.41, 5.74) is 2.85. The minimum atomic E-state index is 0.239. The van der Waals surface area contributed by atoms with Crippen LogP contribution in [0.25, 0.3) is 0 Å². The molecular formula is C22H35N3O2. The highest BCUT2D eigenvalue weighted by Crippen LogP contribution is 2.22. The highest BCUT2D eigenvalue weighted by molar-refractivity contribution is 5.76. The summed E-state index contributed by atoms with van der Waals surface area (Å²) in [6.45, 7) is 8.06. The molecule has 2 saturated heterocycles. The van der Waals surface area contributed by atoms with Crippen LogP contribution in [-0.4, -0.2) is 80.6 Å². The molecule has 1 aromatic carbocycles. The fraction of sp³-hybridized carbons (Fsp3) is 0.682. The molecule has 3 rings (SSSR count). The van der Waals surface area contributed by atoms with E-state index in [9.17, 15) is 4.79 Å². The molecule has 27 heavy (non-hydrogen) atoms. The molecule has 5 heteroatoms. The molecule has 0 aromatic heterocycles. The Hall–Kier alpha value is -1.43. The van der Waals surface area contributed by atoms with E-state index in [4.69, 9.17) is 4.74 Å². The second-order valence-electron chi connectivity index (χ2n) is 8.17. The molecule has 2 heterocycles. The van der Waals surface area contributed by atoms with Crippen molar-refractivity contribution in [1.82, 2.24) is 14.7 Å². The fourth-order valence-electron chi connectivity index (χ4n) is 4.11. The summed E-state index contributed by atoms with van der Waals surface area (Å²) in [6, 6.07) is 9.22. The molecule has 0 radical (unpaired) electrons. The molecule has 2 aliphatic heterocycles. The first-order valence-corrected chi connectivity index (χ1v) is 10.4. The van der Waals surface area contributed by atoms with Crippen LogP contribution in [0.3, 0.4) is 0 Å². The van der Waals surface area contributed by atoms with E-state index in [0.717, 1.165) is 38.9 Å². The molecule has 0 bridgehead atoms. The van der Waals surface area contributed by atoms with Gasteiger partial charge >= 0.3 is 0 Å². The monoisotopic (exact) mass is 373 g/mol. The summed E-state index contributed by atoms with van der Waals surface area (Å²) in [6.07, 6.45) is 3.87. The van der Waals surface area contributed by atoms with Crippen LogP contribution in [-0.2, 0) is 22.5 Å². The number of hydrogen-bond acceptors (Lipinski definition) is 4. The molecular weight excluding hydrogens is 338 g/mol. The third-order valence-corrected chi connectivity index (χ3v) is 6.04. The zero-order chi connectivity index (χ0) is 19.1. The number of piperazine rings is 1. The van der Waals surface area contributed by atoms with Gasteiger partial charge in [0, 0.05) is 52.9 Å². The maximum Gasteiger partial charge on any atom is 0.224 e. The average Bonchev–Trinajstić information content (AvgIpc) is 2.70. The summed E-state index contributed by atoms with van der Waals surface area (Å²) in [5, 5.41) is 0. The number of piperidine rings is 1. The van der Waals surface area contributed by atoms with Gasteiger partial charge in [0.2, 0.25) is 5.91 Å². The van der Waals surface area contributed by atoms with Crippen molar-refractivity contribution >= 4 is 5.91 Å². The van der Waals surface area contributed by atoms with Crippen molar-refractivity contribution in [1.29, 1.82) is 0 Å². The van der Waals surface area contributed by atoms with Gasteiger partial charge < -0.3 is 14.5 Å². The first kappa shape index (κ1) is 20.3. The first-order chi connectivity index (χ1) is 13.1. The van der Waals surface area contributed by atoms with Crippen molar-refractivity contribution in [2.75, 3.05) is 60.0 Å². The number of hydrogen-bond donors (Lipinski definition) is 0. The highest BCUT2D eigenvalue weighted by Gasteiger charge is 2.22. The van der Waals surface area contributed by atoms with Gasteiger partial charge in [-0.15, -0.1) is 0 Å². The number of amides is 1. The van der Waals surface area contributed by atoms with Crippen LogP contribution in [0.5, 0.6) is 0 Å². The number of carbonyl (C=O) groups excluding carboxylic acids is 1. The minimum Gasteiger partial charge on any atom is -0.384 e. The van der Waals surface area contributed by atoms with Gasteiger partial charge in [-0.25, -0.2) is 0 Å². The average molecular weight is 374 g/mol. The van der Waals surface area contributed by atoms with Gasteiger partial charge in [0.25, 0.3) is 0 Å². The molecule has 2 aliphatic rings. The Morgan fingerprint density at radius 2 is 1.63 bits per heavy atom. The molecule has 0 spiro atoms. The van der Waals surface area contributed by atoms with E-state index in [1.165, 1.54) is 37.3 Å². The Kier molecular flexibility index (Phi) is 7.68. The van der Waals surface area contributed by atoms with E-state index in [2.05, 4.69) is 41.1 Å². The van der Waals surface area contributed by atoms with E-state index in [1.807, 2.05) is 4.90 Å². The van der Waals surface area contributed by atoms with Gasteiger partial charge in [0.05, 0.1) is 13.0 Å². The van der Waals surface area contributed by atoms with Gasteiger partial charge in [-0.1, -0.05) is 24.3 Å². The third kappa shape index (κ3) is 6.30. The van der Waals surface area contributed by atoms with Crippen molar-refractivity contribution in [3.63, 3.8) is 0 Å². The lowest BCUT2D eigenvalue weighted by molar-refractivity contribution is -0.133. The lowest BCUT2D eigenvalue weighted by Gasteiger charge is -2.32. The molecule has 150 valence electrons. The predicted molar refractivity (Wildman–Crippen MR) is 109 cm³/mol. The van der Waals surface area contributed by atoms with Crippen LogP contribution < -0.4 is 0 Å². The summed E-state index contributed by atoms with van der Waals surface area (Å²) in [4.78, 5) is 19.0. The van der Waals surface area contributed by atoms with Crippen LogP contribution in [0.2, 0.25) is 0 Å². The standard InChI is InChI=1S/C22H35N3O2/c1-23-12-14-24(15-13-23)18-21-5-3-19(4-6-21)17-20-7-10-25(11-8-20)22(26)9-16-27-2/h3-6,20H,7-18H2,1-2H3. The van der Waals surface area contributed by atoms with E-state index < -0.39 is 0 Å². The van der Waals surface area contributed by atoms with Gasteiger partial charge in [0.1, 0.15) is 0 Å². The van der Waals surface area contributed by atoms with Crippen LogP contribution in [0, 0.1) is 5.92 Å². The highest BCUT2D eigenvalue weighted by atomic mass is 16.5. The largest absolute Gasteiger partial charge is 0.384 e. The molecule has 1 aromatic rings. The minimum absolute atomic E-state index is 0.239. The van der Waals surface area contributed by atoms with Gasteiger partial charge in [0.15, 0.2) is 0 Å². The van der Waals surface area contributed by atoms with Crippen LogP contribution in [0.15, 0.2) is 24.3 Å². The topological polar surface area (TPSA) is 36.0 Å². The Bertz CT molecular complexity index is 574. The SMILES string of the molecule is COCCC(=O)N1CCC(Cc2ccc(CN3CCN(C)CC3)cc2)CC1. The number of carbonyl (C=O) groups is 1. The lowest BCUT2D eigenvalue weighted by atomic mass is 9.90. The van der Waals surface area contributed by atoms with Crippen LogP contribution in [0.1, 0.15) is 30.4 Å². The van der Waals surface area contributed by atoms with E-state index in [0.29, 0.717) is 18.9 Å². The third-order valence-electron chi connectivity index (χ3n) is 6.04. The summed E-state index contributed by atoms with van der Waals surface area (Å²) in [5.74, 6) is 0.934. The van der Waals surface area contributed by atoms with Gasteiger partial charge in [-0.3, -0.25) is 9.69 Å². The number of methoxy groups -OCH3 is 1. The fourth-order valence-corrected chi connectivity index (χ4v) is 4.11. The Morgan fingerprint density at radius 1 is 1.00 bits per heavy atom. The maximum absolute atomic E-state index is 12.1. The van der Waals surface area contributed by atoms with Crippen molar-refractivity contribution in [3.8, 4) is 0 Å². The second kappa shape index (κ2) is 10.2. The molecule has 0 saturated carbocycles. The van der Waals surface area contributed by atoms with Crippen LogP contribution in [0.4, 0.5) is 0 Å². The maximum atomic E-state index is 12.1. The van der Waals surface area contributed by atoms with E-state index in [-0.39, 0.29) is 5.91 Å². The van der Waals surface area contributed by atoms with E-state index >= 15 is 0 Å². The number of nitrogens with zero attached hydrogens (tertiary/aromatic N) is 3. The lowest BCUT2D eigenvalue weighted by Crippen LogP contribution is -2.43. The van der Waals surface area contributed by atoms with Crippen molar-refractivity contribution in [3.05, 3.63) is 35.4 Å². The van der Waals surface area contributed by atoms with E-state index in [1.54, 1.807) is 7.11 Å². The van der Waals surface area contributed by atoms with Gasteiger partial charge in [-0.05, 0) is 43.4 Å². The molecule has 5 nitrogen and oxygen atoms in total. The quantitative estimate of drug-likeness (QED) is 0.735. The zero-order valence-corrected chi connectivity index (χ0v) is 17.0. The summed E-state index contributed by atoms with van der Waals surface area (Å²) >= 11 is 0. The number of rotatable bonds is 7. The molecule has 2 fully saturated rings. The smallest absolute Gasteiger partial charge is 0.224 e. The number of ether oxygens (including phenoxy) is 1. The van der Waals surface area contributed by atoms with Crippen molar-refractivity contribution < 1.29 is 9.53 Å².